The average Bonchev–Trinajstić information content (AvgIpc) is 2.73. The highest BCUT2D eigenvalue weighted by atomic mass is 32.2. The zero-order valence-corrected chi connectivity index (χ0v) is 17.6. The van der Waals surface area contributed by atoms with Gasteiger partial charge in [-0.1, -0.05) is 0 Å². The van der Waals surface area contributed by atoms with E-state index in [2.05, 4.69) is 24.1 Å². The molecule has 0 aliphatic carbocycles. The van der Waals surface area contributed by atoms with E-state index in [1.807, 2.05) is 0 Å². The van der Waals surface area contributed by atoms with Crippen LogP contribution in [0.4, 0.5) is 11.4 Å². The second-order valence-electron chi connectivity index (χ2n) is 7.72. The Labute approximate surface area is 171 Å². The fourth-order valence-electron chi connectivity index (χ4n) is 3.50. The number of nitro groups is 1. The zero-order chi connectivity index (χ0) is 21.1. The van der Waals surface area contributed by atoms with Gasteiger partial charge in [0, 0.05) is 50.4 Å². The average molecular weight is 429 g/mol. The number of morpholine rings is 2. The maximum atomic E-state index is 13.2. The quantitative estimate of drug-likeness (QED) is 0.508. The molecular formula is C18H28N4O6S. The van der Waals surface area contributed by atoms with Crippen LogP contribution in [0, 0.1) is 10.1 Å². The van der Waals surface area contributed by atoms with Gasteiger partial charge in [0.1, 0.15) is 4.90 Å². The Kier molecular flexibility index (Phi) is 6.74. The number of nitrogens with one attached hydrogen (secondary N) is 1. The Bertz CT molecular complexity index is 833. The lowest BCUT2D eigenvalue weighted by molar-refractivity contribution is -0.385. The Balaban J connectivity index is 1.86. The summed E-state index contributed by atoms with van der Waals surface area (Å²) >= 11 is 0. The van der Waals surface area contributed by atoms with Gasteiger partial charge in [-0.3, -0.25) is 15.0 Å². The van der Waals surface area contributed by atoms with Crippen molar-refractivity contribution in [1.82, 2.24) is 9.21 Å². The Morgan fingerprint density at radius 3 is 2.28 bits per heavy atom. The van der Waals surface area contributed by atoms with Gasteiger partial charge in [0.2, 0.25) is 10.0 Å². The molecule has 0 unspecified atom stereocenters. The number of nitrogens with zero attached hydrogens (tertiary/aromatic N) is 3. The first-order valence-corrected chi connectivity index (χ1v) is 11.1. The van der Waals surface area contributed by atoms with Gasteiger partial charge < -0.3 is 14.8 Å². The molecule has 0 bridgehead atoms. The lowest BCUT2D eigenvalue weighted by Crippen LogP contribution is -2.53. The molecule has 1 aromatic carbocycles. The molecule has 2 heterocycles. The summed E-state index contributed by atoms with van der Waals surface area (Å²) in [4.78, 5) is 12.9. The van der Waals surface area contributed by atoms with E-state index in [4.69, 9.17) is 9.47 Å². The molecule has 1 N–H and O–H groups in total. The third-order valence-electron chi connectivity index (χ3n) is 5.34. The minimum absolute atomic E-state index is 0.0774. The minimum Gasteiger partial charge on any atom is -0.382 e. The highest BCUT2D eigenvalue weighted by Crippen LogP contribution is 2.30. The molecular weight excluding hydrogens is 400 g/mol. The predicted molar refractivity (Wildman–Crippen MR) is 108 cm³/mol. The highest BCUT2D eigenvalue weighted by Gasteiger charge is 2.32. The molecule has 2 aliphatic heterocycles. The summed E-state index contributed by atoms with van der Waals surface area (Å²) in [5, 5.41) is 14.4. The number of hydrogen-bond donors (Lipinski definition) is 1. The van der Waals surface area contributed by atoms with E-state index in [1.165, 1.54) is 16.4 Å². The summed E-state index contributed by atoms with van der Waals surface area (Å²) in [5.41, 5.74) is -0.135. The van der Waals surface area contributed by atoms with Crippen LogP contribution in [0.5, 0.6) is 0 Å². The Morgan fingerprint density at radius 1 is 1.10 bits per heavy atom. The molecule has 0 aromatic heterocycles. The standard InChI is InChI=1S/C18H28N4O6S/c1-18(2,20-5-9-27-10-6-20)14-19-16-4-3-15(22(23)24)13-17(16)29(25,26)21-7-11-28-12-8-21/h3-4,13,19H,5-12,14H2,1-2H3. The topological polar surface area (TPSA) is 114 Å². The molecule has 162 valence electrons. The summed E-state index contributed by atoms with van der Waals surface area (Å²) in [6.45, 7) is 8.63. The summed E-state index contributed by atoms with van der Waals surface area (Å²) in [7, 11) is -3.89. The molecule has 0 saturated carbocycles. The second kappa shape index (κ2) is 8.92. The van der Waals surface area contributed by atoms with E-state index in [9.17, 15) is 18.5 Å². The van der Waals surface area contributed by atoms with Crippen molar-refractivity contribution in [2.24, 2.45) is 0 Å². The molecule has 29 heavy (non-hydrogen) atoms. The van der Waals surface area contributed by atoms with Crippen molar-refractivity contribution < 1.29 is 22.8 Å². The molecule has 1 aromatic rings. The van der Waals surface area contributed by atoms with Crippen LogP contribution < -0.4 is 5.32 Å². The van der Waals surface area contributed by atoms with E-state index in [0.29, 0.717) is 38.7 Å². The number of hydrogen-bond acceptors (Lipinski definition) is 8. The Morgan fingerprint density at radius 2 is 1.69 bits per heavy atom. The van der Waals surface area contributed by atoms with Crippen molar-refractivity contribution in [2.75, 3.05) is 64.5 Å². The smallest absolute Gasteiger partial charge is 0.270 e. The molecule has 0 atom stereocenters. The summed E-state index contributed by atoms with van der Waals surface area (Å²) in [6.07, 6.45) is 0. The molecule has 10 nitrogen and oxygen atoms in total. The highest BCUT2D eigenvalue weighted by molar-refractivity contribution is 7.89. The van der Waals surface area contributed by atoms with Crippen LogP contribution in [0.2, 0.25) is 0 Å². The van der Waals surface area contributed by atoms with Gasteiger partial charge in [0.15, 0.2) is 0 Å². The lowest BCUT2D eigenvalue weighted by Gasteiger charge is -2.41. The lowest BCUT2D eigenvalue weighted by atomic mass is 10.0. The van der Waals surface area contributed by atoms with Gasteiger partial charge in [0.05, 0.1) is 37.0 Å². The van der Waals surface area contributed by atoms with Crippen molar-refractivity contribution in [2.45, 2.75) is 24.3 Å². The van der Waals surface area contributed by atoms with Crippen LogP contribution in [0.3, 0.4) is 0 Å². The van der Waals surface area contributed by atoms with Crippen LogP contribution in [0.1, 0.15) is 13.8 Å². The molecule has 0 amide bonds. The van der Waals surface area contributed by atoms with Crippen molar-refractivity contribution in [3.8, 4) is 0 Å². The first-order valence-electron chi connectivity index (χ1n) is 9.65. The van der Waals surface area contributed by atoms with Gasteiger partial charge in [-0.15, -0.1) is 0 Å². The maximum Gasteiger partial charge on any atom is 0.270 e. The predicted octanol–water partition coefficient (Wildman–Crippen LogP) is 1.14. The van der Waals surface area contributed by atoms with Crippen LogP contribution in [-0.2, 0) is 19.5 Å². The fourth-order valence-corrected chi connectivity index (χ4v) is 5.10. The zero-order valence-electron chi connectivity index (χ0n) is 16.8. The van der Waals surface area contributed by atoms with E-state index in [0.717, 1.165) is 19.2 Å². The van der Waals surface area contributed by atoms with Crippen LogP contribution in [0.25, 0.3) is 0 Å². The molecule has 11 heteroatoms. The number of non-ortho nitro benzene ring substituents is 1. The van der Waals surface area contributed by atoms with Crippen molar-refractivity contribution in [1.29, 1.82) is 0 Å². The number of ether oxygens (including phenoxy) is 2. The summed E-state index contributed by atoms with van der Waals surface area (Å²) < 4.78 is 38.3. The van der Waals surface area contributed by atoms with Crippen LogP contribution in [-0.4, -0.2) is 87.2 Å². The van der Waals surface area contributed by atoms with Gasteiger partial charge in [0.25, 0.3) is 5.69 Å². The number of benzene rings is 1. The Hall–Kier alpha value is -1.79. The van der Waals surface area contributed by atoms with Gasteiger partial charge in [-0.05, 0) is 19.9 Å². The fraction of sp³-hybridized carbons (Fsp3) is 0.667. The van der Waals surface area contributed by atoms with Gasteiger partial charge in [-0.25, -0.2) is 8.42 Å². The monoisotopic (exact) mass is 428 g/mol. The van der Waals surface area contributed by atoms with E-state index in [1.54, 1.807) is 0 Å². The third-order valence-corrected chi connectivity index (χ3v) is 7.28. The largest absolute Gasteiger partial charge is 0.382 e. The maximum absolute atomic E-state index is 13.2. The molecule has 0 spiro atoms. The molecule has 0 radical (unpaired) electrons. The number of nitro benzene ring substituents is 1. The molecule has 3 rings (SSSR count). The SMILES string of the molecule is CC(C)(CNc1ccc([N+](=O)[O-])cc1S(=O)(=O)N1CCOCC1)N1CCOCC1. The van der Waals surface area contributed by atoms with E-state index < -0.39 is 14.9 Å². The number of sulfonamides is 1. The number of rotatable bonds is 7. The molecule has 2 saturated heterocycles. The van der Waals surface area contributed by atoms with Gasteiger partial charge in [-0.2, -0.15) is 4.31 Å². The first-order chi connectivity index (χ1) is 13.7. The number of anilines is 1. The van der Waals surface area contributed by atoms with E-state index >= 15 is 0 Å². The van der Waals surface area contributed by atoms with Crippen LogP contribution >= 0.6 is 0 Å². The second-order valence-corrected chi connectivity index (χ2v) is 9.63. The van der Waals surface area contributed by atoms with Crippen molar-refractivity contribution >= 4 is 21.4 Å². The first kappa shape index (κ1) is 21.9. The third kappa shape index (κ3) is 5.04. The molecule has 2 aliphatic rings. The molecule has 2 fully saturated rings. The van der Waals surface area contributed by atoms with Crippen molar-refractivity contribution in [3.05, 3.63) is 28.3 Å². The summed E-state index contributed by atoms with van der Waals surface area (Å²) in [6, 6.07) is 3.93. The summed E-state index contributed by atoms with van der Waals surface area (Å²) in [5.74, 6) is 0. The van der Waals surface area contributed by atoms with Crippen molar-refractivity contribution in [3.63, 3.8) is 0 Å². The normalized spacial score (nSPS) is 19.8. The van der Waals surface area contributed by atoms with Crippen LogP contribution in [0.15, 0.2) is 23.1 Å². The van der Waals surface area contributed by atoms with E-state index in [-0.39, 0.29) is 29.2 Å². The van der Waals surface area contributed by atoms with Gasteiger partial charge >= 0.3 is 0 Å². The minimum atomic E-state index is -3.89.